The second-order valence-electron chi connectivity index (χ2n) is 9.49. The molecular weight excluding hydrogens is 456 g/mol. The van der Waals surface area contributed by atoms with Crippen LogP contribution in [0.3, 0.4) is 0 Å². The van der Waals surface area contributed by atoms with Crippen molar-refractivity contribution >= 4 is 16.6 Å². The maximum absolute atomic E-state index is 14.3. The highest BCUT2D eigenvalue weighted by Gasteiger charge is 2.66. The molecule has 2 N–H and O–H groups in total. The van der Waals surface area contributed by atoms with E-state index in [0.717, 1.165) is 21.9 Å². The maximum Gasteiger partial charge on any atom is 0.237 e. The van der Waals surface area contributed by atoms with E-state index < -0.39 is 23.5 Å². The highest BCUT2D eigenvalue weighted by atomic mass is 16.6. The van der Waals surface area contributed by atoms with Crippen molar-refractivity contribution in [2.45, 2.75) is 30.0 Å². The molecular formula is C29H24N2O5. The molecule has 1 aliphatic carbocycles. The number of carbonyl (C=O) groups is 1. The zero-order valence-corrected chi connectivity index (χ0v) is 19.5. The number of benzene rings is 4. The molecule has 0 radical (unpaired) electrons. The van der Waals surface area contributed by atoms with E-state index in [9.17, 15) is 20.0 Å². The van der Waals surface area contributed by atoms with Crippen LogP contribution in [-0.4, -0.2) is 35.0 Å². The lowest BCUT2D eigenvalue weighted by atomic mass is 9.73. The minimum Gasteiger partial charge on any atom is -0.508 e. The quantitative estimate of drug-likeness (QED) is 0.320. The molecule has 1 aliphatic heterocycles. The molecule has 7 nitrogen and oxygen atoms in total. The third kappa shape index (κ3) is 3.13. The first kappa shape index (κ1) is 22.2. The number of rotatable bonds is 5. The Bertz CT molecular complexity index is 1490. The third-order valence-corrected chi connectivity index (χ3v) is 7.68. The lowest BCUT2D eigenvalue weighted by molar-refractivity contribution is -0.526. The molecule has 180 valence electrons. The number of nitrogens with one attached hydrogen (secondary N) is 1. The van der Waals surface area contributed by atoms with Gasteiger partial charge in [-0.1, -0.05) is 60.7 Å². The summed E-state index contributed by atoms with van der Waals surface area (Å²) < 4.78 is 5.31. The molecule has 0 saturated carbocycles. The van der Waals surface area contributed by atoms with Crippen molar-refractivity contribution in [1.82, 2.24) is 5.32 Å². The van der Waals surface area contributed by atoms with Crippen LogP contribution in [0, 0.1) is 10.1 Å². The van der Waals surface area contributed by atoms with Crippen LogP contribution in [-0.2, 0) is 12.0 Å². The molecule has 0 aromatic heterocycles. The number of hydrogen-bond donors (Lipinski definition) is 2. The number of ketones is 1. The van der Waals surface area contributed by atoms with Crippen LogP contribution in [0.2, 0.25) is 0 Å². The van der Waals surface area contributed by atoms with Crippen molar-refractivity contribution < 1.29 is 19.6 Å². The number of aromatic hydroxyl groups is 1. The van der Waals surface area contributed by atoms with Gasteiger partial charge < -0.3 is 9.84 Å². The fourth-order valence-corrected chi connectivity index (χ4v) is 6.19. The molecule has 1 fully saturated rings. The second-order valence-corrected chi connectivity index (χ2v) is 9.49. The molecule has 2 aliphatic rings. The first-order valence-electron chi connectivity index (χ1n) is 11.8. The molecule has 1 heterocycles. The van der Waals surface area contributed by atoms with Gasteiger partial charge in [-0.2, -0.15) is 0 Å². The minimum absolute atomic E-state index is 0.129. The van der Waals surface area contributed by atoms with Crippen LogP contribution >= 0.6 is 0 Å². The van der Waals surface area contributed by atoms with Crippen LogP contribution in [0.25, 0.3) is 10.8 Å². The fraction of sp³-hybridized carbons (Fsp3) is 0.207. The average Bonchev–Trinajstić information content (AvgIpc) is 3.35. The van der Waals surface area contributed by atoms with Gasteiger partial charge in [-0.25, -0.2) is 0 Å². The van der Waals surface area contributed by atoms with Gasteiger partial charge in [0.25, 0.3) is 0 Å². The number of hydrogen-bond acceptors (Lipinski definition) is 6. The molecule has 36 heavy (non-hydrogen) atoms. The largest absolute Gasteiger partial charge is 0.508 e. The normalized spacial score (nSPS) is 24.5. The Hall–Kier alpha value is -4.23. The monoisotopic (exact) mass is 480 g/mol. The van der Waals surface area contributed by atoms with Gasteiger partial charge >= 0.3 is 0 Å². The number of ether oxygens (including phenoxy) is 1. The summed E-state index contributed by atoms with van der Waals surface area (Å²) >= 11 is 0. The number of nitro groups is 1. The molecule has 0 amide bonds. The number of phenols is 1. The van der Waals surface area contributed by atoms with Crippen molar-refractivity contribution in [3.05, 3.63) is 117 Å². The number of carbonyl (C=O) groups excluding carboxylic acids is 1. The molecule has 4 aromatic carbocycles. The van der Waals surface area contributed by atoms with E-state index >= 15 is 0 Å². The van der Waals surface area contributed by atoms with Gasteiger partial charge in [0, 0.05) is 10.5 Å². The topological polar surface area (TPSA) is 102 Å². The Balaban J connectivity index is 1.57. The summed E-state index contributed by atoms with van der Waals surface area (Å²) in [6.45, 7) is 0. The third-order valence-electron chi connectivity index (χ3n) is 7.68. The lowest BCUT2D eigenvalue weighted by Gasteiger charge is -2.31. The van der Waals surface area contributed by atoms with E-state index in [1.807, 2.05) is 48.5 Å². The number of fused-ring (bicyclic) bond motifs is 1. The van der Waals surface area contributed by atoms with Gasteiger partial charge in [0.1, 0.15) is 17.0 Å². The van der Waals surface area contributed by atoms with Gasteiger partial charge in [-0.15, -0.1) is 0 Å². The molecule has 1 saturated heterocycles. The van der Waals surface area contributed by atoms with E-state index in [0.29, 0.717) is 23.3 Å². The Morgan fingerprint density at radius 2 is 1.69 bits per heavy atom. The van der Waals surface area contributed by atoms with Crippen LogP contribution in [0.5, 0.6) is 11.5 Å². The molecule has 0 bridgehead atoms. The summed E-state index contributed by atoms with van der Waals surface area (Å²) in [6, 6.07) is 23.6. The van der Waals surface area contributed by atoms with Crippen LogP contribution in [0.15, 0.2) is 84.9 Å². The van der Waals surface area contributed by atoms with Crippen molar-refractivity contribution in [3.63, 3.8) is 0 Å². The summed E-state index contributed by atoms with van der Waals surface area (Å²) in [4.78, 5) is 26.7. The summed E-state index contributed by atoms with van der Waals surface area (Å²) in [6.07, 6.45) is 0.333. The predicted octanol–water partition coefficient (Wildman–Crippen LogP) is 4.59. The van der Waals surface area contributed by atoms with E-state index in [1.165, 1.54) is 0 Å². The average molecular weight is 481 g/mol. The van der Waals surface area contributed by atoms with Crippen LogP contribution in [0.4, 0.5) is 0 Å². The van der Waals surface area contributed by atoms with Crippen LogP contribution in [0.1, 0.15) is 33.0 Å². The van der Waals surface area contributed by atoms with Crippen molar-refractivity contribution in [1.29, 1.82) is 0 Å². The standard InChI is InChI=1S/C29H24N2O5/c1-36-21-14-10-19(11-15-21)26-27(31(34)35)24(16-17-8-12-20(32)13-9-17)30-29(26)23-7-3-5-18-4-2-6-22(25(18)23)28(29)33/h2-15,24,26-27,30,32H,16H2,1H3/t24-,26+,27+,29?/m0/s1. The zero-order chi connectivity index (χ0) is 25.0. The fourth-order valence-electron chi connectivity index (χ4n) is 6.19. The van der Waals surface area contributed by atoms with Gasteiger partial charge in [0.2, 0.25) is 6.04 Å². The van der Waals surface area contributed by atoms with Crippen molar-refractivity contribution in [2.24, 2.45) is 0 Å². The van der Waals surface area contributed by atoms with E-state index in [-0.39, 0.29) is 16.5 Å². The molecule has 1 unspecified atom stereocenters. The van der Waals surface area contributed by atoms with Gasteiger partial charge in [-0.3, -0.25) is 20.2 Å². The summed E-state index contributed by atoms with van der Waals surface area (Å²) in [5, 5.41) is 27.7. The molecule has 1 spiro atoms. The lowest BCUT2D eigenvalue weighted by Crippen LogP contribution is -2.48. The highest BCUT2D eigenvalue weighted by Crippen LogP contribution is 2.54. The summed E-state index contributed by atoms with van der Waals surface area (Å²) in [7, 11) is 1.57. The number of Topliss-reactive ketones (excluding diaryl/α,β-unsaturated/α-hetero) is 1. The van der Waals surface area contributed by atoms with Crippen LogP contribution < -0.4 is 10.1 Å². The van der Waals surface area contributed by atoms with E-state index in [4.69, 9.17) is 4.74 Å². The summed E-state index contributed by atoms with van der Waals surface area (Å²) in [5.41, 5.74) is 1.63. The molecule has 4 aromatic rings. The highest BCUT2D eigenvalue weighted by molar-refractivity contribution is 6.20. The minimum atomic E-state index is -1.28. The zero-order valence-electron chi connectivity index (χ0n) is 19.5. The Morgan fingerprint density at radius 3 is 2.36 bits per heavy atom. The SMILES string of the molecule is COc1ccc([C@@H]2[C@H]([N+](=O)[O-])[C@H](Cc3ccc(O)cc3)NC23C(=O)c2cccc4cccc3c24)cc1. The Kier molecular flexibility index (Phi) is 5.05. The smallest absolute Gasteiger partial charge is 0.237 e. The Labute approximate surface area is 207 Å². The van der Waals surface area contributed by atoms with Gasteiger partial charge in [-0.05, 0) is 58.1 Å². The second kappa shape index (κ2) is 8.17. The molecule has 6 rings (SSSR count). The maximum atomic E-state index is 14.3. The van der Waals surface area contributed by atoms with E-state index in [2.05, 4.69) is 5.32 Å². The Morgan fingerprint density at radius 1 is 1.00 bits per heavy atom. The van der Waals surface area contributed by atoms with Crippen molar-refractivity contribution in [2.75, 3.05) is 7.11 Å². The number of methoxy groups -OCH3 is 1. The number of phenolic OH excluding ortho intramolecular Hbond substituents is 1. The molecule has 7 heteroatoms. The van der Waals surface area contributed by atoms with E-state index in [1.54, 1.807) is 43.5 Å². The number of nitrogens with zero attached hydrogens (tertiary/aromatic N) is 1. The molecule has 4 atom stereocenters. The van der Waals surface area contributed by atoms with Gasteiger partial charge in [0.15, 0.2) is 5.78 Å². The first-order valence-corrected chi connectivity index (χ1v) is 11.8. The van der Waals surface area contributed by atoms with Gasteiger partial charge in [0.05, 0.1) is 19.1 Å². The first-order chi connectivity index (χ1) is 17.4. The summed E-state index contributed by atoms with van der Waals surface area (Å²) in [5.74, 6) is -0.119. The predicted molar refractivity (Wildman–Crippen MR) is 135 cm³/mol. The van der Waals surface area contributed by atoms with Crippen molar-refractivity contribution in [3.8, 4) is 11.5 Å².